The van der Waals surface area contributed by atoms with Crippen molar-refractivity contribution in [1.82, 2.24) is 14.8 Å². The molecular formula is C19H14ClN3OS. The van der Waals surface area contributed by atoms with Crippen LogP contribution < -0.4 is 5.56 Å². The third kappa shape index (κ3) is 3.08. The van der Waals surface area contributed by atoms with Crippen LogP contribution in [0, 0.1) is 6.92 Å². The van der Waals surface area contributed by atoms with Gasteiger partial charge in [0, 0.05) is 10.6 Å². The fourth-order valence-electron chi connectivity index (χ4n) is 2.72. The number of hydrogen-bond acceptors (Lipinski definition) is 4. The Morgan fingerprint density at radius 2 is 1.80 bits per heavy atom. The number of hydrogen-bond donors (Lipinski definition) is 0. The number of nitrogens with zero attached hydrogens (tertiary/aromatic N) is 3. The number of benzene rings is 2. The summed E-state index contributed by atoms with van der Waals surface area (Å²) >= 11 is 7.44. The molecule has 0 radical (unpaired) electrons. The van der Waals surface area contributed by atoms with Gasteiger partial charge in [-0.15, -0.1) is 11.3 Å². The highest BCUT2D eigenvalue weighted by Gasteiger charge is 2.16. The standard InChI is InChI=1S/C19H14ClN3OS/c1-12-21-17-18(25-12)16(14-5-3-2-4-6-14)22-23(19(17)24)11-13-7-9-15(20)10-8-13/h2-10H,11H2,1H3. The van der Waals surface area contributed by atoms with Crippen molar-refractivity contribution in [3.05, 3.63) is 80.5 Å². The minimum absolute atomic E-state index is 0.172. The molecule has 0 unspecified atom stereocenters. The van der Waals surface area contributed by atoms with Crippen LogP contribution in [0.25, 0.3) is 21.5 Å². The Kier molecular flexibility index (Phi) is 4.11. The first kappa shape index (κ1) is 16.0. The molecule has 0 bridgehead atoms. The average Bonchev–Trinajstić information content (AvgIpc) is 3.02. The van der Waals surface area contributed by atoms with E-state index in [1.54, 1.807) is 0 Å². The number of rotatable bonds is 3. The lowest BCUT2D eigenvalue weighted by atomic mass is 10.1. The first-order chi connectivity index (χ1) is 12.1. The quantitative estimate of drug-likeness (QED) is 0.534. The Labute approximate surface area is 153 Å². The highest BCUT2D eigenvalue weighted by atomic mass is 35.5. The molecule has 2 heterocycles. The predicted octanol–water partition coefficient (Wildman–Crippen LogP) is 4.53. The minimum Gasteiger partial charge on any atom is -0.265 e. The summed E-state index contributed by atoms with van der Waals surface area (Å²) in [7, 11) is 0. The topological polar surface area (TPSA) is 47.8 Å². The van der Waals surface area contributed by atoms with Crippen molar-refractivity contribution in [3.8, 4) is 11.3 Å². The number of thiazole rings is 1. The van der Waals surface area contributed by atoms with E-state index >= 15 is 0 Å². The van der Waals surface area contributed by atoms with Gasteiger partial charge in [0.1, 0.15) is 5.69 Å². The second-order valence-corrected chi connectivity index (χ2v) is 7.35. The fourth-order valence-corrected chi connectivity index (χ4v) is 3.76. The maximum Gasteiger partial charge on any atom is 0.294 e. The molecule has 0 saturated carbocycles. The van der Waals surface area contributed by atoms with Gasteiger partial charge >= 0.3 is 0 Å². The number of aryl methyl sites for hydroxylation is 1. The van der Waals surface area contributed by atoms with Crippen LogP contribution in [0.5, 0.6) is 0 Å². The summed E-state index contributed by atoms with van der Waals surface area (Å²) in [5.74, 6) is 0. The summed E-state index contributed by atoms with van der Waals surface area (Å²) < 4.78 is 2.31. The second kappa shape index (κ2) is 6.43. The van der Waals surface area contributed by atoms with Crippen molar-refractivity contribution < 1.29 is 0 Å². The van der Waals surface area contributed by atoms with E-state index in [-0.39, 0.29) is 5.56 Å². The molecule has 0 aliphatic carbocycles. The molecule has 6 heteroatoms. The van der Waals surface area contributed by atoms with Gasteiger partial charge in [0.2, 0.25) is 0 Å². The molecule has 0 amide bonds. The summed E-state index contributed by atoms with van der Waals surface area (Å²) in [6.07, 6.45) is 0. The molecule has 0 atom stereocenters. The lowest BCUT2D eigenvalue weighted by Crippen LogP contribution is -2.24. The van der Waals surface area contributed by atoms with Crippen molar-refractivity contribution in [1.29, 1.82) is 0 Å². The zero-order valence-electron chi connectivity index (χ0n) is 13.4. The van der Waals surface area contributed by atoms with E-state index in [9.17, 15) is 4.79 Å². The fraction of sp³-hybridized carbons (Fsp3) is 0.105. The van der Waals surface area contributed by atoms with Crippen molar-refractivity contribution in [2.24, 2.45) is 0 Å². The van der Waals surface area contributed by atoms with Gasteiger partial charge in [-0.2, -0.15) is 5.10 Å². The predicted molar refractivity (Wildman–Crippen MR) is 102 cm³/mol. The van der Waals surface area contributed by atoms with Crippen LogP contribution in [-0.4, -0.2) is 14.8 Å². The van der Waals surface area contributed by atoms with Crippen LogP contribution >= 0.6 is 22.9 Å². The molecule has 0 spiro atoms. The van der Waals surface area contributed by atoms with E-state index in [1.165, 1.54) is 16.0 Å². The summed E-state index contributed by atoms with van der Waals surface area (Å²) in [6, 6.07) is 17.3. The van der Waals surface area contributed by atoms with Crippen molar-refractivity contribution in [2.45, 2.75) is 13.5 Å². The maximum absolute atomic E-state index is 12.8. The van der Waals surface area contributed by atoms with Gasteiger partial charge in [0.15, 0.2) is 5.52 Å². The third-order valence-electron chi connectivity index (χ3n) is 3.90. The average molecular weight is 368 g/mol. The largest absolute Gasteiger partial charge is 0.294 e. The van der Waals surface area contributed by atoms with Gasteiger partial charge in [-0.05, 0) is 24.6 Å². The smallest absolute Gasteiger partial charge is 0.265 e. The SMILES string of the molecule is Cc1nc2c(=O)n(Cc3ccc(Cl)cc3)nc(-c3ccccc3)c2s1. The van der Waals surface area contributed by atoms with E-state index in [2.05, 4.69) is 10.1 Å². The first-order valence-corrected chi connectivity index (χ1v) is 8.99. The molecule has 4 nitrogen and oxygen atoms in total. The van der Waals surface area contributed by atoms with Crippen LogP contribution in [0.1, 0.15) is 10.6 Å². The highest BCUT2D eigenvalue weighted by molar-refractivity contribution is 7.19. The Hall–Kier alpha value is -2.50. The molecule has 4 rings (SSSR count). The molecule has 2 aromatic heterocycles. The van der Waals surface area contributed by atoms with Crippen molar-refractivity contribution in [3.63, 3.8) is 0 Å². The number of fused-ring (bicyclic) bond motifs is 1. The molecule has 0 N–H and O–H groups in total. The van der Waals surface area contributed by atoms with Crippen molar-refractivity contribution in [2.75, 3.05) is 0 Å². The molecular weight excluding hydrogens is 354 g/mol. The molecule has 0 aliphatic heterocycles. The van der Waals surface area contributed by atoms with Gasteiger partial charge in [0.05, 0.1) is 16.3 Å². The Morgan fingerprint density at radius 1 is 1.08 bits per heavy atom. The van der Waals surface area contributed by atoms with E-state index in [0.717, 1.165) is 26.5 Å². The summed E-state index contributed by atoms with van der Waals surface area (Å²) in [6.45, 7) is 2.28. The van der Waals surface area contributed by atoms with Crippen LogP contribution in [0.3, 0.4) is 0 Å². The van der Waals surface area contributed by atoms with Gasteiger partial charge in [-0.25, -0.2) is 9.67 Å². The second-order valence-electron chi connectivity index (χ2n) is 5.71. The van der Waals surface area contributed by atoms with Crippen molar-refractivity contribution >= 4 is 33.2 Å². The van der Waals surface area contributed by atoms with Crippen LogP contribution in [0.2, 0.25) is 5.02 Å². The molecule has 124 valence electrons. The Balaban J connectivity index is 1.91. The third-order valence-corrected chi connectivity index (χ3v) is 5.13. The molecule has 2 aromatic carbocycles. The summed E-state index contributed by atoms with van der Waals surface area (Å²) in [4.78, 5) is 17.3. The number of halogens is 1. The van der Waals surface area contributed by atoms with Gasteiger partial charge in [0.25, 0.3) is 5.56 Å². The van der Waals surface area contributed by atoms with Crippen LogP contribution in [0.4, 0.5) is 0 Å². The normalized spacial score (nSPS) is 11.1. The molecule has 0 saturated heterocycles. The van der Waals surface area contributed by atoms with Gasteiger partial charge in [-0.3, -0.25) is 4.79 Å². The first-order valence-electron chi connectivity index (χ1n) is 7.80. The lowest BCUT2D eigenvalue weighted by Gasteiger charge is -2.09. The Bertz CT molecular complexity index is 1100. The van der Waals surface area contributed by atoms with E-state index < -0.39 is 0 Å². The summed E-state index contributed by atoms with van der Waals surface area (Å²) in [5, 5.41) is 6.17. The molecule has 0 aliphatic rings. The van der Waals surface area contributed by atoms with E-state index in [0.29, 0.717) is 17.1 Å². The zero-order valence-corrected chi connectivity index (χ0v) is 15.0. The summed E-state index contributed by atoms with van der Waals surface area (Å²) in [5.41, 5.74) is 3.03. The highest BCUT2D eigenvalue weighted by Crippen LogP contribution is 2.29. The van der Waals surface area contributed by atoms with E-state index in [4.69, 9.17) is 11.6 Å². The zero-order chi connectivity index (χ0) is 17.4. The molecule has 25 heavy (non-hydrogen) atoms. The number of aromatic nitrogens is 3. The van der Waals surface area contributed by atoms with E-state index in [1.807, 2.05) is 61.5 Å². The monoisotopic (exact) mass is 367 g/mol. The van der Waals surface area contributed by atoms with Crippen LogP contribution in [0.15, 0.2) is 59.4 Å². The molecule has 0 fully saturated rings. The van der Waals surface area contributed by atoms with Crippen LogP contribution in [-0.2, 0) is 6.54 Å². The minimum atomic E-state index is -0.172. The Morgan fingerprint density at radius 3 is 2.52 bits per heavy atom. The van der Waals surface area contributed by atoms with Gasteiger partial charge < -0.3 is 0 Å². The molecule has 4 aromatic rings. The maximum atomic E-state index is 12.8. The lowest BCUT2D eigenvalue weighted by molar-refractivity contribution is 0.650. The van der Waals surface area contributed by atoms with Gasteiger partial charge in [-0.1, -0.05) is 54.1 Å².